The van der Waals surface area contributed by atoms with E-state index in [1.807, 2.05) is 24.3 Å². The number of nitrogens with zero attached hydrogens (tertiary/aromatic N) is 1. The van der Waals surface area contributed by atoms with Crippen molar-refractivity contribution in [3.05, 3.63) is 54.1 Å². The van der Waals surface area contributed by atoms with Crippen molar-refractivity contribution in [2.45, 2.75) is 11.8 Å². The van der Waals surface area contributed by atoms with Gasteiger partial charge in [0.2, 0.25) is 11.8 Å². The monoisotopic (exact) mass is 341 g/mol. The Morgan fingerprint density at radius 2 is 1.96 bits per heavy atom. The van der Waals surface area contributed by atoms with Crippen LogP contribution in [0.5, 0.6) is 5.75 Å². The summed E-state index contributed by atoms with van der Waals surface area (Å²) in [6.07, 6.45) is 0. The molecule has 0 radical (unpaired) electrons. The number of carbonyl (C=O) groups is 2. The Morgan fingerprint density at radius 3 is 2.79 bits per heavy atom. The number of fused-ring (bicyclic) bond motifs is 1. The number of hydrogen-bond acceptors (Lipinski definition) is 5. The average molecular weight is 341 g/mol. The molecule has 24 heavy (non-hydrogen) atoms. The third-order valence-corrected chi connectivity index (χ3v) is 4.25. The van der Waals surface area contributed by atoms with Gasteiger partial charge in [0.05, 0.1) is 17.0 Å². The van der Waals surface area contributed by atoms with Gasteiger partial charge in [-0.15, -0.1) is 16.9 Å². The number of carbonyl (C=O) groups excluding carboxylic acids is 2. The maximum Gasteiger partial charge on any atom is 0.275 e. The fourth-order valence-electron chi connectivity index (χ4n) is 2.15. The van der Waals surface area contributed by atoms with Crippen molar-refractivity contribution in [1.29, 1.82) is 0 Å². The first-order valence-electron chi connectivity index (χ1n) is 7.26. The second kappa shape index (κ2) is 7.18. The van der Waals surface area contributed by atoms with Crippen LogP contribution in [0.1, 0.15) is 17.3 Å². The number of para-hydroxylation sites is 2. The summed E-state index contributed by atoms with van der Waals surface area (Å²) in [6.45, 7) is 1.46. The van der Waals surface area contributed by atoms with Gasteiger partial charge in [-0.2, -0.15) is 0 Å². The minimum atomic E-state index is -0.302. The number of ether oxygens (including phenoxy) is 1. The van der Waals surface area contributed by atoms with E-state index in [1.54, 1.807) is 24.3 Å². The van der Waals surface area contributed by atoms with E-state index in [0.29, 0.717) is 23.0 Å². The van der Waals surface area contributed by atoms with E-state index in [9.17, 15) is 9.59 Å². The molecule has 2 aromatic rings. The molecule has 2 amide bonds. The molecule has 1 aliphatic heterocycles. The highest BCUT2D eigenvalue weighted by atomic mass is 32.2. The zero-order chi connectivity index (χ0) is 16.9. The summed E-state index contributed by atoms with van der Waals surface area (Å²) < 4.78 is 5.73. The first-order valence-corrected chi connectivity index (χ1v) is 8.25. The molecule has 122 valence electrons. The van der Waals surface area contributed by atoms with Gasteiger partial charge in [-0.05, 0) is 24.3 Å². The van der Waals surface area contributed by atoms with E-state index in [4.69, 9.17) is 4.74 Å². The second-order valence-electron chi connectivity index (χ2n) is 5.01. The molecule has 0 saturated carbocycles. The van der Waals surface area contributed by atoms with Crippen molar-refractivity contribution < 1.29 is 14.3 Å². The van der Waals surface area contributed by atoms with Crippen molar-refractivity contribution in [1.82, 2.24) is 5.43 Å². The summed E-state index contributed by atoms with van der Waals surface area (Å²) >= 11 is 1.46. The normalized spacial score (nSPS) is 13.0. The maximum atomic E-state index is 11.9. The van der Waals surface area contributed by atoms with Crippen LogP contribution in [0.3, 0.4) is 0 Å². The smallest absolute Gasteiger partial charge is 0.275 e. The summed E-state index contributed by atoms with van der Waals surface area (Å²) in [7, 11) is 0. The zero-order valence-corrected chi connectivity index (χ0v) is 13.7. The van der Waals surface area contributed by atoms with Crippen LogP contribution in [0.25, 0.3) is 0 Å². The second-order valence-corrected chi connectivity index (χ2v) is 6.03. The summed E-state index contributed by atoms with van der Waals surface area (Å²) in [5.41, 5.74) is 3.65. The number of nitrogens with one attached hydrogen (secondary N) is 2. The number of rotatable bonds is 4. The minimum absolute atomic E-state index is 0.132. The van der Waals surface area contributed by atoms with Crippen molar-refractivity contribution >= 4 is 35.2 Å². The molecule has 0 atom stereocenters. The summed E-state index contributed by atoms with van der Waals surface area (Å²) in [5, 5.41) is 6.80. The maximum absolute atomic E-state index is 11.9. The van der Waals surface area contributed by atoms with E-state index in [2.05, 4.69) is 15.8 Å². The minimum Gasteiger partial charge on any atom is -0.440 e. The van der Waals surface area contributed by atoms with Crippen LogP contribution in [0.4, 0.5) is 5.69 Å². The van der Waals surface area contributed by atoms with E-state index in [-0.39, 0.29) is 11.8 Å². The van der Waals surface area contributed by atoms with E-state index in [0.717, 1.165) is 10.6 Å². The van der Waals surface area contributed by atoms with E-state index >= 15 is 0 Å². The molecule has 0 spiro atoms. The Bertz CT molecular complexity index is 820. The number of thioether (sulfide) groups is 1. The first-order chi connectivity index (χ1) is 11.6. The van der Waals surface area contributed by atoms with Gasteiger partial charge in [0, 0.05) is 11.8 Å². The van der Waals surface area contributed by atoms with Crippen LogP contribution in [0.2, 0.25) is 0 Å². The van der Waals surface area contributed by atoms with Crippen LogP contribution in [0.15, 0.2) is 58.5 Å². The molecule has 7 heteroatoms. The molecular weight excluding hydrogens is 326 g/mol. The van der Waals surface area contributed by atoms with Gasteiger partial charge in [-0.3, -0.25) is 9.59 Å². The zero-order valence-electron chi connectivity index (χ0n) is 12.9. The standard InChI is InChI=1S/C17H15N3O3S/c1-11(21)18-13-7-3-5-9-15(13)24-10-16-19-20-17(22)12-6-2-4-8-14(12)23-16/h2-9H,10H2,1H3,(H,18,21)(H,20,22). The third-order valence-electron chi connectivity index (χ3n) is 3.19. The third kappa shape index (κ3) is 3.75. The van der Waals surface area contributed by atoms with Gasteiger partial charge < -0.3 is 10.1 Å². The number of hydrazone groups is 1. The summed E-state index contributed by atoms with van der Waals surface area (Å²) in [4.78, 5) is 24.1. The van der Waals surface area contributed by atoms with E-state index in [1.165, 1.54) is 18.7 Å². The SMILES string of the molecule is CC(=O)Nc1ccccc1SCC1=NNC(=O)c2ccccc2O1. The fraction of sp³-hybridized carbons (Fsp3) is 0.118. The van der Waals surface area contributed by atoms with Gasteiger partial charge in [0.15, 0.2) is 0 Å². The van der Waals surface area contributed by atoms with Gasteiger partial charge in [0.25, 0.3) is 5.91 Å². The number of amides is 2. The van der Waals surface area contributed by atoms with E-state index < -0.39 is 0 Å². The Morgan fingerprint density at radius 1 is 1.21 bits per heavy atom. The Hall–Kier alpha value is -2.80. The molecule has 2 N–H and O–H groups in total. The Labute approximate surface area is 143 Å². The molecule has 0 saturated heterocycles. The Balaban J connectivity index is 1.74. The molecule has 2 aromatic carbocycles. The highest BCUT2D eigenvalue weighted by Crippen LogP contribution is 2.28. The fourth-order valence-corrected chi connectivity index (χ4v) is 3.00. The average Bonchev–Trinajstić information content (AvgIpc) is 2.73. The molecule has 1 heterocycles. The van der Waals surface area contributed by atoms with Crippen molar-refractivity contribution in [3.8, 4) is 5.75 Å². The molecule has 6 nitrogen and oxygen atoms in total. The number of benzene rings is 2. The molecular formula is C17H15N3O3S. The lowest BCUT2D eigenvalue weighted by atomic mass is 10.2. The summed E-state index contributed by atoms with van der Waals surface area (Å²) in [5.74, 6) is 0.833. The topological polar surface area (TPSA) is 79.8 Å². The van der Waals surface area contributed by atoms with Gasteiger partial charge in [-0.25, -0.2) is 5.43 Å². The lowest BCUT2D eigenvalue weighted by Gasteiger charge is -2.10. The van der Waals surface area contributed by atoms with Crippen LogP contribution >= 0.6 is 11.8 Å². The number of anilines is 1. The van der Waals surface area contributed by atoms with Crippen LogP contribution in [-0.2, 0) is 4.79 Å². The van der Waals surface area contributed by atoms with Crippen LogP contribution in [-0.4, -0.2) is 23.5 Å². The molecule has 0 aromatic heterocycles. The molecule has 1 aliphatic rings. The van der Waals surface area contributed by atoms with Crippen molar-refractivity contribution in [2.24, 2.45) is 5.10 Å². The van der Waals surface area contributed by atoms with Gasteiger partial charge in [0.1, 0.15) is 5.75 Å². The van der Waals surface area contributed by atoms with Crippen LogP contribution in [0, 0.1) is 0 Å². The molecule has 0 bridgehead atoms. The molecule has 0 aliphatic carbocycles. The van der Waals surface area contributed by atoms with Crippen molar-refractivity contribution in [3.63, 3.8) is 0 Å². The predicted octanol–water partition coefficient (Wildman–Crippen LogP) is 2.87. The first kappa shape index (κ1) is 16.1. The Kier molecular flexibility index (Phi) is 4.81. The molecule has 0 fully saturated rings. The highest BCUT2D eigenvalue weighted by molar-refractivity contribution is 8.00. The lowest BCUT2D eigenvalue weighted by Crippen LogP contribution is -2.18. The quantitative estimate of drug-likeness (QED) is 0.838. The van der Waals surface area contributed by atoms with Crippen molar-refractivity contribution in [2.75, 3.05) is 11.1 Å². The number of hydrogen-bond donors (Lipinski definition) is 2. The largest absolute Gasteiger partial charge is 0.440 e. The van der Waals surface area contributed by atoms with Crippen LogP contribution < -0.4 is 15.5 Å². The lowest BCUT2D eigenvalue weighted by molar-refractivity contribution is -0.114. The van der Waals surface area contributed by atoms with Gasteiger partial charge in [-0.1, -0.05) is 24.3 Å². The molecule has 3 rings (SSSR count). The predicted molar refractivity (Wildman–Crippen MR) is 93.4 cm³/mol. The molecule has 0 unspecified atom stereocenters. The summed E-state index contributed by atoms with van der Waals surface area (Å²) in [6, 6.07) is 14.5. The highest BCUT2D eigenvalue weighted by Gasteiger charge is 2.18. The van der Waals surface area contributed by atoms with Gasteiger partial charge >= 0.3 is 0 Å².